The Bertz CT molecular complexity index is 733. The number of rotatable bonds is 4. The maximum absolute atomic E-state index is 11.0. The second-order valence-corrected chi connectivity index (χ2v) is 6.20. The highest BCUT2D eigenvalue weighted by molar-refractivity contribution is 7.16. The van der Waals surface area contributed by atoms with E-state index in [9.17, 15) is 4.79 Å². The number of nitrogens with one attached hydrogen (secondary N) is 2. The summed E-state index contributed by atoms with van der Waals surface area (Å²) in [6.45, 7) is 1.49. The highest BCUT2D eigenvalue weighted by Gasteiger charge is 2.05. The molecule has 106 valence electrons. The van der Waals surface area contributed by atoms with Gasteiger partial charge < -0.3 is 10.6 Å². The van der Waals surface area contributed by atoms with Crippen LogP contribution in [0.4, 0.5) is 16.5 Å². The van der Waals surface area contributed by atoms with Gasteiger partial charge in [0.05, 0.1) is 10.6 Å². The molecule has 0 aliphatic carbocycles. The summed E-state index contributed by atoms with van der Waals surface area (Å²) in [5.74, 6) is -0.0729. The van der Waals surface area contributed by atoms with E-state index in [2.05, 4.69) is 21.7 Å². The third-order valence-corrected chi connectivity index (χ3v) is 4.38. The summed E-state index contributed by atoms with van der Waals surface area (Å²) in [6, 6.07) is 11.6. The minimum atomic E-state index is -0.0729. The van der Waals surface area contributed by atoms with Gasteiger partial charge in [0, 0.05) is 23.7 Å². The minimum absolute atomic E-state index is 0.0729. The molecule has 0 saturated carbocycles. The Labute approximate surface area is 130 Å². The van der Waals surface area contributed by atoms with Crippen LogP contribution in [0.15, 0.2) is 47.2 Å². The first-order valence-corrected chi connectivity index (χ1v) is 8.11. The molecule has 0 saturated heterocycles. The van der Waals surface area contributed by atoms with E-state index in [1.54, 1.807) is 22.7 Å². The van der Waals surface area contributed by atoms with Crippen molar-refractivity contribution in [2.24, 2.45) is 0 Å². The molecule has 0 fully saturated rings. The molecule has 0 aliphatic heterocycles. The van der Waals surface area contributed by atoms with Crippen LogP contribution in [0, 0.1) is 0 Å². The van der Waals surface area contributed by atoms with E-state index in [0.29, 0.717) is 0 Å². The zero-order chi connectivity index (χ0) is 14.7. The van der Waals surface area contributed by atoms with Crippen LogP contribution in [0.3, 0.4) is 0 Å². The van der Waals surface area contributed by atoms with Gasteiger partial charge in [-0.2, -0.15) is 0 Å². The molecule has 0 unspecified atom stereocenters. The maximum atomic E-state index is 11.0. The van der Waals surface area contributed by atoms with Crippen molar-refractivity contribution in [1.82, 2.24) is 4.98 Å². The molecule has 3 rings (SSSR count). The van der Waals surface area contributed by atoms with E-state index in [4.69, 9.17) is 0 Å². The van der Waals surface area contributed by atoms with Gasteiger partial charge in [-0.3, -0.25) is 4.79 Å². The molecule has 0 aliphatic rings. The predicted octanol–water partition coefficient (Wildman–Crippen LogP) is 4.57. The quantitative estimate of drug-likeness (QED) is 0.741. The third-order valence-electron chi connectivity index (χ3n) is 2.73. The number of aromatic nitrogens is 1. The Kier molecular flexibility index (Phi) is 3.98. The van der Waals surface area contributed by atoms with Gasteiger partial charge in [-0.1, -0.05) is 6.07 Å². The minimum Gasteiger partial charge on any atom is -0.332 e. The number of carbonyl (C=O) groups is 1. The summed E-state index contributed by atoms with van der Waals surface area (Å²) in [6.07, 6.45) is 0. The first-order valence-electron chi connectivity index (χ1n) is 6.35. The van der Waals surface area contributed by atoms with Crippen LogP contribution in [0.1, 0.15) is 6.92 Å². The van der Waals surface area contributed by atoms with E-state index >= 15 is 0 Å². The van der Waals surface area contributed by atoms with Gasteiger partial charge >= 0.3 is 0 Å². The number of carbonyl (C=O) groups excluding carboxylic acids is 1. The van der Waals surface area contributed by atoms with E-state index in [-0.39, 0.29) is 5.91 Å². The van der Waals surface area contributed by atoms with Crippen molar-refractivity contribution in [2.75, 3.05) is 10.6 Å². The van der Waals surface area contributed by atoms with Crippen molar-refractivity contribution in [2.45, 2.75) is 6.92 Å². The second-order valence-electron chi connectivity index (χ2n) is 4.40. The van der Waals surface area contributed by atoms with Gasteiger partial charge in [0.2, 0.25) is 5.91 Å². The van der Waals surface area contributed by atoms with Gasteiger partial charge in [0.15, 0.2) is 5.13 Å². The van der Waals surface area contributed by atoms with Crippen molar-refractivity contribution < 1.29 is 4.79 Å². The number of thiazole rings is 1. The summed E-state index contributed by atoms with van der Waals surface area (Å²) in [7, 11) is 0. The standard InChI is InChI=1S/C15H13N3OS2/c1-10(19)16-11-4-6-12(7-5-11)17-15-18-13(9-21-15)14-3-2-8-20-14/h2-9H,1H3,(H,16,19)(H,17,18). The summed E-state index contributed by atoms with van der Waals surface area (Å²) in [5.41, 5.74) is 2.72. The monoisotopic (exact) mass is 315 g/mol. The Morgan fingerprint density at radius 3 is 2.52 bits per heavy atom. The molecule has 0 radical (unpaired) electrons. The van der Waals surface area contributed by atoms with Crippen molar-refractivity contribution in [3.63, 3.8) is 0 Å². The van der Waals surface area contributed by atoms with Crippen LogP contribution in [0.5, 0.6) is 0 Å². The predicted molar refractivity (Wildman–Crippen MR) is 89.5 cm³/mol. The first-order chi connectivity index (χ1) is 10.2. The molecule has 0 atom stereocenters. The molecule has 1 aromatic carbocycles. The zero-order valence-corrected chi connectivity index (χ0v) is 12.9. The third kappa shape index (κ3) is 3.48. The number of hydrogen-bond acceptors (Lipinski definition) is 5. The van der Waals surface area contributed by atoms with Crippen molar-refractivity contribution in [1.29, 1.82) is 0 Å². The number of nitrogens with zero attached hydrogens (tertiary/aromatic N) is 1. The van der Waals surface area contributed by atoms with Crippen LogP contribution < -0.4 is 10.6 Å². The number of hydrogen-bond donors (Lipinski definition) is 2. The Morgan fingerprint density at radius 2 is 1.86 bits per heavy atom. The zero-order valence-electron chi connectivity index (χ0n) is 11.3. The number of anilines is 3. The molecule has 21 heavy (non-hydrogen) atoms. The molecular formula is C15H13N3OS2. The molecule has 2 heterocycles. The highest BCUT2D eigenvalue weighted by atomic mass is 32.1. The average Bonchev–Trinajstić information content (AvgIpc) is 3.11. The normalized spacial score (nSPS) is 10.3. The smallest absolute Gasteiger partial charge is 0.221 e. The molecule has 2 N–H and O–H groups in total. The molecule has 3 aromatic rings. The van der Waals surface area contributed by atoms with Crippen LogP contribution in [0.25, 0.3) is 10.6 Å². The van der Waals surface area contributed by atoms with Crippen LogP contribution in [0.2, 0.25) is 0 Å². The number of thiophene rings is 1. The summed E-state index contributed by atoms with van der Waals surface area (Å²) in [5, 5.41) is 10.9. The maximum Gasteiger partial charge on any atom is 0.221 e. The summed E-state index contributed by atoms with van der Waals surface area (Å²) >= 11 is 3.25. The van der Waals surface area contributed by atoms with Gasteiger partial charge in [-0.05, 0) is 35.7 Å². The van der Waals surface area contributed by atoms with Crippen molar-refractivity contribution >= 4 is 45.1 Å². The lowest BCUT2D eigenvalue weighted by Crippen LogP contribution is -2.05. The van der Waals surface area contributed by atoms with Crippen LogP contribution in [-0.4, -0.2) is 10.9 Å². The largest absolute Gasteiger partial charge is 0.332 e. The Hall–Kier alpha value is -2.18. The fourth-order valence-electron chi connectivity index (χ4n) is 1.83. The molecule has 2 aromatic heterocycles. The van der Waals surface area contributed by atoms with Crippen LogP contribution >= 0.6 is 22.7 Å². The van der Waals surface area contributed by atoms with Crippen molar-refractivity contribution in [3.8, 4) is 10.6 Å². The van der Waals surface area contributed by atoms with Crippen LogP contribution in [-0.2, 0) is 4.79 Å². The second kappa shape index (κ2) is 6.07. The Morgan fingerprint density at radius 1 is 1.10 bits per heavy atom. The van der Waals surface area contributed by atoms with E-state index < -0.39 is 0 Å². The van der Waals surface area contributed by atoms with Gasteiger partial charge in [0.1, 0.15) is 0 Å². The molecule has 1 amide bonds. The summed E-state index contributed by atoms with van der Waals surface area (Å²) < 4.78 is 0. The van der Waals surface area contributed by atoms with Gasteiger partial charge in [-0.25, -0.2) is 4.98 Å². The van der Waals surface area contributed by atoms with E-state index in [0.717, 1.165) is 22.2 Å². The lowest BCUT2D eigenvalue weighted by molar-refractivity contribution is -0.114. The average molecular weight is 315 g/mol. The molecule has 0 spiro atoms. The summed E-state index contributed by atoms with van der Waals surface area (Å²) in [4.78, 5) is 16.7. The fraction of sp³-hybridized carbons (Fsp3) is 0.0667. The number of benzene rings is 1. The van der Waals surface area contributed by atoms with Gasteiger partial charge in [-0.15, -0.1) is 22.7 Å². The molecule has 6 heteroatoms. The highest BCUT2D eigenvalue weighted by Crippen LogP contribution is 2.29. The lowest BCUT2D eigenvalue weighted by Gasteiger charge is -2.05. The SMILES string of the molecule is CC(=O)Nc1ccc(Nc2nc(-c3cccs3)cs2)cc1. The topological polar surface area (TPSA) is 54.0 Å². The lowest BCUT2D eigenvalue weighted by atomic mass is 10.3. The fourth-order valence-corrected chi connectivity index (χ4v) is 3.32. The van der Waals surface area contributed by atoms with Gasteiger partial charge in [0.25, 0.3) is 0 Å². The van der Waals surface area contributed by atoms with Crippen molar-refractivity contribution in [3.05, 3.63) is 47.2 Å². The number of amides is 1. The molecule has 0 bridgehead atoms. The van der Waals surface area contributed by atoms with E-state index in [1.807, 2.05) is 41.1 Å². The molecule has 4 nitrogen and oxygen atoms in total. The molecular weight excluding hydrogens is 302 g/mol. The van der Waals surface area contributed by atoms with E-state index in [1.165, 1.54) is 11.8 Å². The first kappa shape index (κ1) is 13.8. The Balaban J connectivity index is 1.70.